The Labute approximate surface area is 147 Å². The summed E-state index contributed by atoms with van der Waals surface area (Å²) in [6.07, 6.45) is 1.97. The lowest BCUT2D eigenvalue weighted by Crippen LogP contribution is -2.45. The van der Waals surface area contributed by atoms with Crippen molar-refractivity contribution in [2.45, 2.75) is 32.9 Å². The van der Waals surface area contributed by atoms with E-state index in [2.05, 4.69) is 19.7 Å². The maximum absolute atomic E-state index is 12.9. The van der Waals surface area contributed by atoms with Gasteiger partial charge in [-0.25, -0.2) is 0 Å². The number of methoxy groups -OCH3 is 1. The van der Waals surface area contributed by atoms with E-state index in [1.54, 1.807) is 7.11 Å². The zero-order valence-electron chi connectivity index (χ0n) is 14.7. The van der Waals surface area contributed by atoms with E-state index in [0.717, 1.165) is 55.6 Å². The van der Waals surface area contributed by atoms with E-state index in [1.165, 1.54) is 5.56 Å². The zero-order chi connectivity index (χ0) is 17.4. The number of aryl methyl sites for hydroxylation is 2. The highest BCUT2D eigenvalue weighted by Gasteiger charge is 2.27. The second-order valence-corrected chi connectivity index (χ2v) is 6.67. The highest BCUT2D eigenvalue weighted by atomic mass is 16.5. The van der Waals surface area contributed by atoms with E-state index < -0.39 is 0 Å². The summed E-state index contributed by atoms with van der Waals surface area (Å²) in [6, 6.07) is 5.97. The molecule has 3 heterocycles. The third kappa shape index (κ3) is 3.00. The van der Waals surface area contributed by atoms with Crippen LogP contribution in [0.15, 0.2) is 18.2 Å². The number of ether oxygens (including phenoxy) is 1. The van der Waals surface area contributed by atoms with Crippen molar-refractivity contribution in [3.8, 4) is 5.75 Å². The number of amides is 1. The molecule has 1 aromatic heterocycles. The van der Waals surface area contributed by atoms with E-state index in [9.17, 15) is 4.79 Å². The molecule has 0 aliphatic carbocycles. The van der Waals surface area contributed by atoms with Gasteiger partial charge in [-0.05, 0) is 43.5 Å². The summed E-state index contributed by atoms with van der Waals surface area (Å²) in [6.45, 7) is 5.53. The van der Waals surface area contributed by atoms with Crippen molar-refractivity contribution < 1.29 is 9.53 Å². The fourth-order valence-electron chi connectivity index (χ4n) is 3.72. The van der Waals surface area contributed by atoms with Crippen LogP contribution in [-0.2, 0) is 24.3 Å². The number of carbonyl (C=O) groups is 1. The molecule has 0 radical (unpaired) electrons. The first-order valence-electron chi connectivity index (χ1n) is 8.74. The predicted molar refractivity (Wildman–Crippen MR) is 93.7 cm³/mol. The molecule has 0 bridgehead atoms. The van der Waals surface area contributed by atoms with Crippen molar-refractivity contribution in [2.24, 2.45) is 0 Å². The van der Waals surface area contributed by atoms with Crippen LogP contribution >= 0.6 is 0 Å². The van der Waals surface area contributed by atoms with Crippen LogP contribution in [0, 0.1) is 6.92 Å². The summed E-state index contributed by atoms with van der Waals surface area (Å²) in [7, 11) is 1.67. The predicted octanol–water partition coefficient (Wildman–Crippen LogP) is 1.39. The molecule has 0 saturated carbocycles. The van der Waals surface area contributed by atoms with Gasteiger partial charge in [0, 0.05) is 25.3 Å². The first-order chi connectivity index (χ1) is 12.2. The molecule has 7 heteroatoms. The molecule has 7 nitrogen and oxygen atoms in total. The molecule has 2 aromatic rings. The number of hydrogen-bond acceptors (Lipinski definition) is 5. The van der Waals surface area contributed by atoms with Crippen molar-refractivity contribution in [3.63, 3.8) is 0 Å². The summed E-state index contributed by atoms with van der Waals surface area (Å²) in [4.78, 5) is 17.0. The molecule has 0 saturated heterocycles. The SMILES string of the molecule is COc1ccc2c(c1)CCCN2C(=O)CN1CCn2c(C)nnc2C1. The second kappa shape index (κ2) is 6.48. The summed E-state index contributed by atoms with van der Waals surface area (Å²) in [5.41, 5.74) is 2.21. The topological polar surface area (TPSA) is 63.5 Å². The van der Waals surface area contributed by atoms with Gasteiger partial charge in [0.15, 0.2) is 0 Å². The number of nitrogens with zero attached hydrogens (tertiary/aromatic N) is 5. The van der Waals surface area contributed by atoms with Gasteiger partial charge in [0.05, 0.1) is 20.2 Å². The number of anilines is 1. The van der Waals surface area contributed by atoms with Crippen LogP contribution in [0.4, 0.5) is 5.69 Å². The minimum Gasteiger partial charge on any atom is -0.497 e. The van der Waals surface area contributed by atoms with Gasteiger partial charge in [0.2, 0.25) is 5.91 Å². The van der Waals surface area contributed by atoms with Crippen LogP contribution in [0.3, 0.4) is 0 Å². The fraction of sp³-hybridized carbons (Fsp3) is 0.500. The number of benzene rings is 1. The van der Waals surface area contributed by atoms with Crippen molar-refractivity contribution in [2.75, 3.05) is 31.6 Å². The average Bonchev–Trinajstić information content (AvgIpc) is 3.01. The normalized spacial score (nSPS) is 17.1. The van der Waals surface area contributed by atoms with E-state index in [4.69, 9.17) is 4.74 Å². The Bertz CT molecular complexity index is 801. The Hall–Kier alpha value is -2.41. The van der Waals surface area contributed by atoms with Crippen molar-refractivity contribution in [1.29, 1.82) is 0 Å². The lowest BCUT2D eigenvalue weighted by Gasteiger charge is -2.33. The van der Waals surface area contributed by atoms with Gasteiger partial charge in [0.1, 0.15) is 17.4 Å². The minimum absolute atomic E-state index is 0.149. The Balaban J connectivity index is 1.48. The third-order valence-electron chi connectivity index (χ3n) is 5.08. The standard InChI is InChI=1S/C18H23N5O2/c1-13-19-20-17-11-21(8-9-22(13)17)12-18(24)23-7-3-4-14-10-15(25-2)5-6-16(14)23/h5-6,10H,3-4,7-9,11-12H2,1-2H3. The second-order valence-electron chi connectivity index (χ2n) is 6.67. The smallest absolute Gasteiger partial charge is 0.241 e. The monoisotopic (exact) mass is 341 g/mol. The molecule has 0 spiro atoms. The summed E-state index contributed by atoms with van der Waals surface area (Å²) >= 11 is 0. The summed E-state index contributed by atoms with van der Waals surface area (Å²) < 4.78 is 7.43. The molecule has 1 amide bonds. The highest BCUT2D eigenvalue weighted by molar-refractivity contribution is 5.96. The molecule has 0 N–H and O–H groups in total. The molecular weight excluding hydrogens is 318 g/mol. The van der Waals surface area contributed by atoms with Gasteiger partial charge in [-0.3, -0.25) is 9.69 Å². The van der Waals surface area contributed by atoms with Crippen LogP contribution in [0.5, 0.6) is 5.75 Å². The van der Waals surface area contributed by atoms with Crippen LogP contribution in [-0.4, -0.2) is 52.3 Å². The van der Waals surface area contributed by atoms with Gasteiger partial charge in [-0.1, -0.05) is 0 Å². The molecule has 0 fully saturated rings. The van der Waals surface area contributed by atoms with Gasteiger partial charge in [-0.2, -0.15) is 0 Å². The maximum Gasteiger partial charge on any atom is 0.241 e. The van der Waals surface area contributed by atoms with Crippen molar-refractivity contribution in [1.82, 2.24) is 19.7 Å². The van der Waals surface area contributed by atoms with Gasteiger partial charge in [-0.15, -0.1) is 10.2 Å². The first-order valence-corrected chi connectivity index (χ1v) is 8.74. The largest absolute Gasteiger partial charge is 0.497 e. The lowest BCUT2D eigenvalue weighted by atomic mass is 10.0. The number of fused-ring (bicyclic) bond motifs is 2. The van der Waals surface area contributed by atoms with E-state index in [1.807, 2.05) is 30.0 Å². The Morgan fingerprint density at radius 2 is 2.12 bits per heavy atom. The minimum atomic E-state index is 0.149. The van der Waals surface area contributed by atoms with E-state index in [0.29, 0.717) is 13.1 Å². The van der Waals surface area contributed by atoms with Gasteiger partial charge in [0.25, 0.3) is 0 Å². The van der Waals surface area contributed by atoms with E-state index in [-0.39, 0.29) is 5.91 Å². The van der Waals surface area contributed by atoms with Crippen molar-refractivity contribution >= 4 is 11.6 Å². The average molecular weight is 341 g/mol. The number of aromatic nitrogens is 3. The fourth-order valence-corrected chi connectivity index (χ4v) is 3.72. The highest BCUT2D eigenvalue weighted by Crippen LogP contribution is 2.30. The molecule has 1 aromatic carbocycles. The molecule has 0 atom stereocenters. The molecule has 2 aliphatic heterocycles. The Morgan fingerprint density at radius 3 is 2.96 bits per heavy atom. The first kappa shape index (κ1) is 16.1. The Morgan fingerprint density at radius 1 is 1.24 bits per heavy atom. The summed E-state index contributed by atoms with van der Waals surface area (Å²) in [5.74, 6) is 2.88. The van der Waals surface area contributed by atoms with Crippen LogP contribution in [0.2, 0.25) is 0 Å². The van der Waals surface area contributed by atoms with Gasteiger partial charge < -0.3 is 14.2 Å². The number of hydrogen-bond donors (Lipinski definition) is 0. The zero-order valence-corrected chi connectivity index (χ0v) is 14.7. The number of rotatable bonds is 3. The molecule has 4 rings (SSSR count). The molecular formula is C18H23N5O2. The van der Waals surface area contributed by atoms with E-state index >= 15 is 0 Å². The van der Waals surface area contributed by atoms with Crippen LogP contribution in [0.1, 0.15) is 23.6 Å². The maximum atomic E-state index is 12.9. The molecule has 2 aliphatic rings. The molecule has 0 unspecified atom stereocenters. The van der Waals surface area contributed by atoms with Gasteiger partial charge >= 0.3 is 0 Å². The van der Waals surface area contributed by atoms with Crippen LogP contribution in [0.25, 0.3) is 0 Å². The summed E-state index contributed by atoms with van der Waals surface area (Å²) in [5, 5.41) is 8.34. The molecule has 132 valence electrons. The van der Waals surface area contributed by atoms with Crippen molar-refractivity contribution in [3.05, 3.63) is 35.4 Å². The third-order valence-corrected chi connectivity index (χ3v) is 5.08. The number of carbonyl (C=O) groups excluding carboxylic acids is 1. The molecule has 25 heavy (non-hydrogen) atoms. The Kier molecular flexibility index (Phi) is 4.17. The quantitative estimate of drug-likeness (QED) is 0.844. The lowest BCUT2D eigenvalue weighted by molar-refractivity contribution is -0.120. The van der Waals surface area contributed by atoms with Crippen LogP contribution < -0.4 is 9.64 Å².